The molecule has 8 atom stereocenters. The summed E-state index contributed by atoms with van der Waals surface area (Å²) in [6.07, 6.45) is -2.90. The Hall–Kier alpha value is -2.74. The standard InChI is InChI=1S/C36H38O10/c1-3-10-27-17-41-33-31(39-15-25(27)8-1)29-19-37-13-23-6-5-7-24(12-23)14-38-20-30-32-34(36(46-30)22-43-35(33,45-29)21-44-36)42-18-28-11-4-2-9-26(28)16-40-32/h1-12,29-34H,13-22H2/t29-,30-,31-,32-,33+,34+,35+,36+/m1/s1. The van der Waals surface area contributed by atoms with Crippen LogP contribution in [0.5, 0.6) is 0 Å². The van der Waals surface area contributed by atoms with Gasteiger partial charge in [0.25, 0.3) is 0 Å². The third-order valence-corrected chi connectivity index (χ3v) is 9.96. The van der Waals surface area contributed by atoms with Crippen molar-refractivity contribution in [2.24, 2.45) is 0 Å². The summed E-state index contributed by atoms with van der Waals surface area (Å²) in [5.41, 5.74) is 6.42. The number of hydrogen-bond donors (Lipinski definition) is 0. The van der Waals surface area contributed by atoms with Gasteiger partial charge in [0.2, 0.25) is 11.6 Å². The molecule has 2 spiro atoms. The molecular formula is C36H38O10. The molecule has 10 rings (SSSR count). The van der Waals surface area contributed by atoms with Crippen molar-refractivity contribution in [3.63, 3.8) is 0 Å². The average Bonchev–Trinajstić information content (AvgIpc) is 3.49. The monoisotopic (exact) mass is 630 g/mol. The van der Waals surface area contributed by atoms with Crippen LogP contribution in [0.25, 0.3) is 0 Å². The van der Waals surface area contributed by atoms with E-state index in [1.165, 1.54) is 0 Å². The topological polar surface area (TPSA) is 92.3 Å². The molecular weight excluding hydrogens is 592 g/mol. The molecule has 7 aliphatic heterocycles. The maximum absolute atomic E-state index is 6.74. The number of fused-ring (bicyclic) bond motifs is 10. The molecule has 3 fully saturated rings. The van der Waals surface area contributed by atoms with E-state index in [0.717, 1.165) is 33.4 Å². The van der Waals surface area contributed by atoms with Gasteiger partial charge in [0.1, 0.15) is 49.8 Å². The first kappa shape index (κ1) is 29.4. The van der Waals surface area contributed by atoms with Crippen molar-refractivity contribution in [1.29, 1.82) is 0 Å². The highest BCUT2D eigenvalue weighted by Gasteiger charge is 2.67. The molecule has 7 aliphatic rings. The summed E-state index contributed by atoms with van der Waals surface area (Å²) < 4.78 is 65.7. The zero-order valence-electron chi connectivity index (χ0n) is 25.5. The summed E-state index contributed by atoms with van der Waals surface area (Å²) in [5.74, 6) is -2.46. The molecule has 0 radical (unpaired) electrons. The van der Waals surface area contributed by atoms with Crippen LogP contribution in [0.1, 0.15) is 33.4 Å². The van der Waals surface area contributed by atoms with E-state index in [0.29, 0.717) is 52.9 Å². The van der Waals surface area contributed by atoms with E-state index < -0.39 is 48.2 Å². The summed E-state index contributed by atoms with van der Waals surface area (Å²) in [6.45, 7) is 3.20. The van der Waals surface area contributed by atoms with Gasteiger partial charge in [0.15, 0.2) is 0 Å². The second-order valence-electron chi connectivity index (χ2n) is 12.9. The first-order valence-electron chi connectivity index (χ1n) is 16.1. The minimum Gasteiger partial charge on any atom is -0.374 e. The molecule has 3 aromatic carbocycles. The van der Waals surface area contributed by atoms with Crippen molar-refractivity contribution in [3.8, 4) is 0 Å². The van der Waals surface area contributed by atoms with Gasteiger partial charge in [-0.3, -0.25) is 0 Å². The van der Waals surface area contributed by atoms with Crippen molar-refractivity contribution in [2.75, 3.05) is 26.4 Å². The van der Waals surface area contributed by atoms with Gasteiger partial charge in [-0.15, -0.1) is 0 Å². The maximum Gasteiger partial charge on any atom is 0.222 e. The third-order valence-electron chi connectivity index (χ3n) is 9.96. The van der Waals surface area contributed by atoms with Crippen LogP contribution in [-0.4, -0.2) is 74.6 Å². The van der Waals surface area contributed by atoms with Gasteiger partial charge in [-0.1, -0.05) is 72.8 Å². The molecule has 10 heteroatoms. The molecule has 0 unspecified atom stereocenters. The van der Waals surface area contributed by atoms with Crippen molar-refractivity contribution in [2.45, 2.75) is 87.8 Å². The van der Waals surface area contributed by atoms with Crippen molar-refractivity contribution in [1.82, 2.24) is 0 Å². The fourth-order valence-electron chi connectivity index (χ4n) is 7.56. The average molecular weight is 631 g/mol. The Labute approximate surface area is 267 Å². The van der Waals surface area contributed by atoms with Crippen molar-refractivity contribution < 1.29 is 47.4 Å². The van der Waals surface area contributed by atoms with E-state index in [9.17, 15) is 0 Å². The molecule has 7 heterocycles. The summed E-state index contributed by atoms with van der Waals surface area (Å²) in [6, 6.07) is 24.5. The minimum atomic E-state index is -1.23. The zero-order chi connectivity index (χ0) is 30.6. The lowest BCUT2D eigenvalue weighted by molar-refractivity contribution is -0.407. The fraction of sp³-hybridized carbons (Fsp3) is 0.500. The normalized spacial score (nSPS) is 37.3. The first-order chi connectivity index (χ1) is 22.7. The Morgan fingerprint density at radius 3 is 1.35 bits per heavy atom. The van der Waals surface area contributed by atoms with Gasteiger partial charge >= 0.3 is 0 Å². The lowest BCUT2D eigenvalue weighted by Crippen LogP contribution is -2.63. The minimum absolute atomic E-state index is 0.0488. The third kappa shape index (κ3) is 5.21. The molecule has 3 aromatic rings. The van der Waals surface area contributed by atoms with Crippen LogP contribution in [0.2, 0.25) is 0 Å². The van der Waals surface area contributed by atoms with Crippen LogP contribution in [0.4, 0.5) is 0 Å². The highest BCUT2D eigenvalue weighted by Crippen LogP contribution is 2.47. The SMILES string of the molecule is c1cc2cc(c1)COC[C@H]1O[C@@]3(CO[C@@]4(CO3)O[C@H](COC2)[C@H]2OCc3ccccc3CO[C@@H]24)[C@H]2OCc3ccccc3CO[C@H]12. The van der Waals surface area contributed by atoms with Crippen LogP contribution in [0.15, 0.2) is 72.8 Å². The van der Waals surface area contributed by atoms with Gasteiger partial charge < -0.3 is 47.4 Å². The van der Waals surface area contributed by atoms with E-state index >= 15 is 0 Å². The van der Waals surface area contributed by atoms with Crippen molar-refractivity contribution >= 4 is 0 Å². The molecule has 0 N–H and O–H groups in total. The highest BCUT2D eigenvalue weighted by atomic mass is 16.8. The molecule has 3 saturated heterocycles. The summed E-state index contributed by atoms with van der Waals surface area (Å²) >= 11 is 0. The molecule has 242 valence electrons. The summed E-state index contributed by atoms with van der Waals surface area (Å²) in [5, 5.41) is 0. The van der Waals surface area contributed by atoms with Crippen molar-refractivity contribution in [3.05, 3.63) is 106 Å². The van der Waals surface area contributed by atoms with Crippen LogP contribution >= 0.6 is 0 Å². The predicted molar refractivity (Wildman–Crippen MR) is 160 cm³/mol. The largest absolute Gasteiger partial charge is 0.374 e. The van der Waals surface area contributed by atoms with E-state index in [-0.39, 0.29) is 13.2 Å². The Morgan fingerprint density at radius 1 is 0.478 bits per heavy atom. The second kappa shape index (κ2) is 12.1. The van der Waals surface area contributed by atoms with Gasteiger partial charge in [-0.05, 0) is 33.4 Å². The van der Waals surface area contributed by atoms with E-state index in [2.05, 4.69) is 30.3 Å². The first-order valence-corrected chi connectivity index (χ1v) is 16.1. The fourth-order valence-corrected chi connectivity index (χ4v) is 7.56. The van der Waals surface area contributed by atoms with E-state index in [1.807, 2.05) is 42.5 Å². The lowest BCUT2D eigenvalue weighted by atomic mass is 9.99. The quantitative estimate of drug-likeness (QED) is 0.364. The Balaban J connectivity index is 1.06. The van der Waals surface area contributed by atoms with E-state index in [1.54, 1.807) is 0 Å². The number of benzene rings is 3. The molecule has 0 amide bonds. The van der Waals surface area contributed by atoms with Crippen LogP contribution in [0, 0.1) is 0 Å². The van der Waals surface area contributed by atoms with Crippen LogP contribution in [-0.2, 0) is 87.0 Å². The highest BCUT2D eigenvalue weighted by molar-refractivity contribution is 5.28. The molecule has 6 bridgehead atoms. The maximum atomic E-state index is 6.74. The Kier molecular flexibility index (Phi) is 7.70. The van der Waals surface area contributed by atoms with Gasteiger partial charge in [0.05, 0.1) is 52.9 Å². The number of rotatable bonds is 0. The van der Waals surface area contributed by atoms with E-state index in [4.69, 9.17) is 47.4 Å². The smallest absolute Gasteiger partial charge is 0.222 e. The summed E-state index contributed by atoms with van der Waals surface area (Å²) in [4.78, 5) is 0. The van der Waals surface area contributed by atoms with Crippen LogP contribution in [0.3, 0.4) is 0 Å². The van der Waals surface area contributed by atoms with Gasteiger partial charge in [-0.25, -0.2) is 0 Å². The summed E-state index contributed by atoms with van der Waals surface area (Å²) in [7, 11) is 0. The van der Waals surface area contributed by atoms with Gasteiger partial charge in [-0.2, -0.15) is 0 Å². The lowest BCUT2D eigenvalue weighted by Gasteiger charge is -2.46. The molecule has 46 heavy (non-hydrogen) atoms. The molecule has 10 nitrogen and oxygen atoms in total. The molecule has 0 saturated carbocycles. The molecule has 0 aromatic heterocycles. The molecule has 0 aliphatic carbocycles. The van der Waals surface area contributed by atoms with Gasteiger partial charge in [0, 0.05) is 0 Å². The second-order valence-corrected chi connectivity index (χ2v) is 12.9. The number of hydrogen-bond acceptors (Lipinski definition) is 10. The zero-order valence-corrected chi connectivity index (χ0v) is 25.5. The van der Waals surface area contributed by atoms with Crippen LogP contribution < -0.4 is 0 Å². The predicted octanol–water partition coefficient (Wildman–Crippen LogP) is 3.94. The number of ether oxygens (including phenoxy) is 10. The Morgan fingerprint density at radius 2 is 0.913 bits per heavy atom. The Bertz CT molecular complexity index is 1440.